The zero-order valence-corrected chi connectivity index (χ0v) is 35.2. The van der Waals surface area contributed by atoms with Crippen LogP contribution < -0.4 is 10.1 Å². The van der Waals surface area contributed by atoms with Crippen molar-refractivity contribution in [1.29, 1.82) is 0 Å². The number of rotatable bonds is 12. The Balaban J connectivity index is 1.11. The first-order valence-electron chi connectivity index (χ1n) is 19.6. The van der Waals surface area contributed by atoms with Gasteiger partial charge in [0.25, 0.3) is 0 Å². The van der Waals surface area contributed by atoms with Crippen molar-refractivity contribution in [3.63, 3.8) is 0 Å². The van der Waals surface area contributed by atoms with Crippen LogP contribution in [0.2, 0.25) is 0 Å². The molecule has 5 aromatic carbocycles. The number of imide groups is 1. The monoisotopic (exact) mass is 864 g/mol. The summed E-state index contributed by atoms with van der Waals surface area (Å²) >= 11 is 3.27. The van der Waals surface area contributed by atoms with Crippen LogP contribution in [0.4, 0.5) is 4.79 Å². The number of esters is 2. The fourth-order valence-corrected chi connectivity index (χ4v) is 8.71. The lowest BCUT2D eigenvalue weighted by Gasteiger charge is -2.37. The number of ether oxygens (including phenoxy) is 5. The number of nitrogens with zero attached hydrogens (tertiary/aromatic N) is 1. The minimum absolute atomic E-state index is 0.124. The van der Waals surface area contributed by atoms with Crippen LogP contribution in [0.5, 0.6) is 5.75 Å². The number of likely N-dealkylation sites (tertiary alicyclic amines) is 1. The van der Waals surface area contributed by atoms with Gasteiger partial charge in [-0.1, -0.05) is 88.7 Å². The van der Waals surface area contributed by atoms with Gasteiger partial charge in [0.15, 0.2) is 5.60 Å². The van der Waals surface area contributed by atoms with Crippen molar-refractivity contribution in [1.82, 2.24) is 10.2 Å². The van der Waals surface area contributed by atoms with Gasteiger partial charge in [-0.2, -0.15) is 0 Å². The van der Waals surface area contributed by atoms with E-state index in [1.165, 1.54) is 0 Å². The summed E-state index contributed by atoms with van der Waals surface area (Å²) in [5, 5.41) is 9.47. The summed E-state index contributed by atoms with van der Waals surface area (Å²) in [5.41, 5.74) is -3.54. The van der Waals surface area contributed by atoms with E-state index in [1.54, 1.807) is 71.9 Å². The molecule has 8 rings (SSSR count). The number of alkyl halides is 1. The molecule has 0 aliphatic carbocycles. The van der Waals surface area contributed by atoms with Crippen molar-refractivity contribution in [2.75, 3.05) is 19.8 Å². The number of amides is 3. The molecule has 5 atom stereocenters. The molecule has 3 aliphatic heterocycles. The molecule has 5 aromatic rings. The molecule has 1 N–H and O–H groups in total. The molecular formula is C46H45BrN2O10. The molecule has 13 heteroatoms. The highest BCUT2D eigenvalue weighted by Crippen LogP contribution is 2.62. The summed E-state index contributed by atoms with van der Waals surface area (Å²) in [6.07, 6.45) is -0.446. The van der Waals surface area contributed by atoms with Crippen molar-refractivity contribution in [3.8, 4) is 5.75 Å². The fraction of sp³-hybridized carbons (Fsp3) is 0.370. The van der Waals surface area contributed by atoms with Crippen LogP contribution in [0, 0.1) is 17.3 Å². The standard InChI is InChI=1S/C46H45BrN2O10/c1-26(57-42(54)48-24-30-18-17-29-16-15-27-11-10-12-28-19-20-32(30)35(29)34(27)28)46-33(58-31-13-8-7-9-14-31)23-45(59-46,25-56-40(52)43(2,3)4)36-37(46)39(51)49(38(36)50)21-22-55-41(53)44(5,6)47/h7-20,23,26,36-37H,21-22,24-25H2,1-6H3,(H,48,54). The van der Waals surface area contributed by atoms with Gasteiger partial charge in [0.05, 0.1) is 23.8 Å². The number of nitrogens with one attached hydrogen (secondary N) is 1. The van der Waals surface area contributed by atoms with Gasteiger partial charge in [-0.15, -0.1) is 0 Å². The first-order chi connectivity index (χ1) is 27.9. The van der Waals surface area contributed by atoms with Gasteiger partial charge in [0.2, 0.25) is 11.8 Å². The Morgan fingerprint density at radius 3 is 2.14 bits per heavy atom. The molecule has 59 heavy (non-hydrogen) atoms. The second-order valence-electron chi connectivity index (χ2n) is 17.0. The fourth-order valence-electron chi connectivity index (χ4n) is 8.60. The molecule has 0 saturated carbocycles. The second kappa shape index (κ2) is 14.6. The molecule has 3 amide bonds. The molecule has 0 spiro atoms. The van der Waals surface area contributed by atoms with Gasteiger partial charge >= 0.3 is 18.0 Å². The largest absolute Gasteiger partial charge is 0.463 e. The molecule has 0 aromatic heterocycles. The summed E-state index contributed by atoms with van der Waals surface area (Å²) in [6, 6.07) is 27.3. The lowest BCUT2D eigenvalue weighted by atomic mass is 9.69. The van der Waals surface area contributed by atoms with Crippen LogP contribution in [-0.4, -0.2) is 76.1 Å². The normalized spacial score (nSPS) is 23.1. The maximum Gasteiger partial charge on any atom is 0.407 e. The third-order valence-corrected chi connectivity index (χ3v) is 11.8. The first kappa shape index (κ1) is 40.3. The van der Waals surface area contributed by atoms with Crippen molar-refractivity contribution in [2.24, 2.45) is 17.3 Å². The summed E-state index contributed by atoms with van der Waals surface area (Å²) < 4.78 is 29.6. The minimum Gasteiger partial charge on any atom is -0.463 e. The van der Waals surface area contributed by atoms with E-state index in [0.717, 1.165) is 42.8 Å². The zero-order chi connectivity index (χ0) is 42.1. The Hall–Kier alpha value is -5.53. The molecule has 3 aliphatic rings. The molecule has 0 radical (unpaired) electrons. The van der Waals surface area contributed by atoms with Crippen LogP contribution >= 0.6 is 15.9 Å². The SMILES string of the molecule is CC(OC(=O)NCc1ccc2ccc3cccc4ccc1c2c34)C12OC(COC(=O)C(C)(C)C)(C=C1Oc1ccccc1)C1C(=O)N(CCOC(=O)C(C)(C)Br)C(=O)C12. The number of alkyl carbamates (subject to hydrolysis) is 1. The molecule has 2 saturated heterocycles. The maximum atomic E-state index is 14.6. The highest BCUT2D eigenvalue weighted by Gasteiger charge is 2.79. The van der Waals surface area contributed by atoms with Gasteiger partial charge in [-0.3, -0.25) is 24.1 Å². The average molecular weight is 866 g/mol. The number of halogens is 1. The lowest BCUT2D eigenvalue weighted by Crippen LogP contribution is -2.54. The summed E-state index contributed by atoms with van der Waals surface area (Å²) in [5.74, 6) is -4.30. The van der Waals surface area contributed by atoms with Crippen LogP contribution in [0.25, 0.3) is 32.3 Å². The van der Waals surface area contributed by atoms with E-state index in [1.807, 2.05) is 24.3 Å². The van der Waals surface area contributed by atoms with E-state index in [-0.39, 0.29) is 25.5 Å². The number of hydrogen-bond acceptors (Lipinski definition) is 10. The van der Waals surface area contributed by atoms with E-state index >= 15 is 0 Å². The highest BCUT2D eigenvalue weighted by molar-refractivity contribution is 9.10. The summed E-state index contributed by atoms with van der Waals surface area (Å²) in [6.45, 7) is 9.12. The summed E-state index contributed by atoms with van der Waals surface area (Å²) in [7, 11) is 0. The quantitative estimate of drug-likeness (QED) is 0.0438. The molecule has 2 bridgehead atoms. The second-order valence-corrected chi connectivity index (χ2v) is 19.0. The Morgan fingerprint density at radius 2 is 1.46 bits per heavy atom. The Labute approximate surface area is 349 Å². The Bertz CT molecular complexity index is 2530. The van der Waals surface area contributed by atoms with Gasteiger partial charge in [-0.05, 0) is 97.6 Å². The van der Waals surface area contributed by atoms with E-state index in [0.29, 0.717) is 5.75 Å². The van der Waals surface area contributed by atoms with E-state index < -0.39 is 75.3 Å². The van der Waals surface area contributed by atoms with Crippen LogP contribution in [0.1, 0.15) is 47.1 Å². The zero-order valence-electron chi connectivity index (χ0n) is 33.6. The third-order valence-electron chi connectivity index (χ3n) is 11.5. The number of carbonyl (C=O) groups excluding carboxylic acids is 5. The predicted molar refractivity (Wildman–Crippen MR) is 223 cm³/mol. The van der Waals surface area contributed by atoms with Gasteiger partial charge in [0, 0.05) is 6.54 Å². The number of benzene rings is 5. The van der Waals surface area contributed by atoms with E-state index in [4.69, 9.17) is 23.7 Å². The smallest absolute Gasteiger partial charge is 0.407 e. The molecule has 5 unspecified atom stereocenters. The Kier molecular flexibility index (Phi) is 9.98. The molecule has 306 valence electrons. The minimum atomic E-state index is -1.84. The first-order valence-corrected chi connectivity index (χ1v) is 20.4. The lowest BCUT2D eigenvalue weighted by molar-refractivity contribution is -0.175. The van der Waals surface area contributed by atoms with Gasteiger partial charge < -0.3 is 29.0 Å². The number of carbonyl (C=O) groups is 5. The topological polar surface area (TPSA) is 147 Å². The van der Waals surface area contributed by atoms with Crippen LogP contribution in [0.15, 0.2) is 96.8 Å². The van der Waals surface area contributed by atoms with Crippen molar-refractivity contribution >= 4 is 78.1 Å². The van der Waals surface area contributed by atoms with Crippen LogP contribution in [0.3, 0.4) is 0 Å². The van der Waals surface area contributed by atoms with Gasteiger partial charge in [-0.25, -0.2) is 4.79 Å². The molecule has 12 nitrogen and oxygen atoms in total. The Morgan fingerprint density at radius 1 is 0.814 bits per heavy atom. The van der Waals surface area contributed by atoms with Crippen molar-refractivity contribution in [2.45, 2.75) is 69.7 Å². The van der Waals surface area contributed by atoms with Crippen molar-refractivity contribution in [3.05, 3.63) is 102 Å². The third kappa shape index (κ3) is 6.87. The average Bonchev–Trinajstić information content (AvgIpc) is 3.78. The number of para-hydroxylation sites is 1. The number of fused-ring (bicyclic) bond motifs is 5. The number of hydrogen-bond donors (Lipinski definition) is 1. The van der Waals surface area contributed by atoms with E-state index in [9.17, 15) is 24.0 Å². The van der Waals surface area contributed by atoms with Crippen LogP contribution in [-0.2, 0) is 44.7 Å². The predicted octanol–water partition coefficient (Wildman–Crippen LogP) is 7.59. The van der Waals surface area contributed by atoms with E-state index in [2.05, 4.69) is 57.6 Å². The maximum absolute atomic E-state index is 14.6. The molecular weight excluding hydrogens is 820 g/mol. The molecule has 2 fully saturated rings. The highest BCUT2D eigenvalue weighted by atomic mass is 79.9. The van der Waals surface area contributed by atoms with Crippen molar-refractivity contribution < 1.29 is 47.7 Å². The molecule has 3 heterocycles. The van der Waals surface area contributed by atoms with Gasteiger partial charge in [0.1, 0.15) is 40.8 Å². The summed E-state index contributed by atoms with van der Waals surface area (Å²) in [4.78, 5) is 69.6.